The van der Waals surface area contributed by atoms with Crippen molar-refractivity contribution >= 4 is 15.9 Å². The maximum atomic E-state index is 12.7. The first kappa shape index (κ1) is 17.4. The van der Waals surface area contributed by atoms with Crippen LogP contribution in [-0.4, -0.2) is 49.7 Å². The maximum absolute atomic E-state index is 12.7. The second-order valence-electron chi connectivity index (χ2n) is 7.02. The zero-order chi connectivity index (χ0) is 17.2. The third kappa shape index (κ3) is 3.64. The second kappa shape index (κ2) is 7.23. The Bertz CT molecular complexity index is 667. The van der Waals surface area contributed by atoms with Gasteiger partial charge in [0.1, 0.15) is 0 Å². The molecule has 0 spiro atoms. The van der Waals surface area contributed by atoms with Gasteiger partial charge in [-0.3, -0.25) is 4.79 Å². The van der Waals surface area contributed by atoms with Crippen molar-refractivity contribution < 1.29 is 13.2 Å². The first-order valence-corrected chi connectivity index (χ1v) is 10.3. The van der Waals surface area contributed by atoms with E-state index in [1.807, 2.05) is 11.0 Å². The predicted octanol–water partition coefficient (Wildman–Crippen LogP) is 2.35. The van der Waals surface area contributed by atoms with Crippen LogP contribution in [0.1, 0.15) is 32.6 Å². The minimum atomic E-state index is -3.44. The maximum Gasteiger partial charge on any atom is 0.243 e. The molecule has 1 aromatic rings. The zero-order valence-electron chi connectivity index (χ0n) is 14.2. The van der Waals surface area contributed by atoms with Crippen molar-refractivity contribution in [2.45, 2.75) is 37.5 Å². The van der Waals surface area contributed by atoms with Crippen LogP contribution in [0.15, 0.2) is 35.2 Å². The molecule has 1 amide bonds. The van der Waals surface area contributed by atoms with Gasteiger partial charge in [-0.1, -0.05) is 25.1 Å². The van der Waals surface area contributed by atoms with Crippen LogP contribution in [0.2, 0.25) is 0 Å². The number of carbonyl (C=O) groups is 1. The number of hydrogen-bond acceptors (Lipinski definition) is 3. The summed E-state index contributed by atoms with van der Waals surface area (Å²) in [5, 5.41) is 0. The van der Waals surface area contributed by atoms with E-state index < -0.39 is 10.0 Å². The van der Waals surface area contributed by atoms with Crippen molar-refractivity contribution in [2.24, 2.45) is 11.8 Å². The monoisotopic (exact) mass is 350 g/mol. The van der Waals surface area contributed by atoms with Crippen molar-refractivity contribution in [2.75, 3.05) is 26.2 Å². The molecule has 2 fully saturated rings. The highest BCUT2D eigenvalue weighted by Crippen LogP contribution is 2.26. The fraction of sp³-hybridized carbons (Fsp3) is 0.611. The van der Waals surface area contributed by atoms with Crippen molar-refractivity contribution in [3.63, 3.8) is 0 Å². The number of amides is 1. The second-order valence-corrected chi connectivity index (χ2v) is 8.96. The molecule has 0 saturated carbocycles. The minimum Gasteiger partial charge on any atom is -0.342 e. The quantitative estimate of drug-likeness (QED) is 0.841. The summed E-state index contributed by atoms with van der Waals surface area (Å²) in [7, 11) is -3.44. The summed E-state index contributed by atoms with van der Waals surface area (Å²) >= 11 is 0. The summed E-state index contributed by atoms with van der Waals surface area (Å²) in [6.45, 7) is 4.75. The van der Waals surface area contributed by atoms with Crippen LogP contribution >= 0.6 is 0 Å². The predicted molar refractivity (Wildman–Crippen MR) is 92.9 cm³/mol. The molecule has 1 aromatic carbocycles. The van der Waals surface area contributed by atoms with Crippen molar-refractivity contribution in [1.29, 1.82) is 0 Å². The topological polar surface area (TPSA) is 57.7 Å². The lowest BCUT2D eigenvalue weighted by Crippen LogP contribution is -2.46. The number of sulfonamides is 1. The molecule has 0 aromatic heterocycles. The van der Waals surface area contributed by atoms with E-state index in [1.165, 1.54) is 10.7 Å². The fourth-order valence-electron chi connectivity index (χ4n) is 3.73. The van der Waals surface area contributed by atoms with E-state index in [1.54, 1.807) is 24.3 Å². The molecule has 0 N–H and O–H groups in total. The summed E-state index contributed by atoms with van der Waals surface area (Å²) in [6.07, 6.45) is 3.51. The smallest absolute Gasteiger partial charge is 0.243 e. The Morgan fingerprint density at radius 3 is 2.33 bits per heavy atom. The molecule has 24 heavy (non-hydrogen) atoms. The molecule has 0 bridgehead atoms. The van der Waals surface area contributed by atoms with Gasteiger partial charge in [-0.15, -0.1) is 0 Å². The van der Waals surface area contributed by atoms with Gasteiger partial charge in [0.05, 0.1) is 4.90 Å². The summed E-state index contributed by atoms with van der Waals surface area (Å²) in [4.78, 5) is 15.0. The molecular weight excluding hydrogens is 324 g/mol. The lowest BCUT2D eigenvalue weighted by molar-refractivity contribution is -0.138. The molecule has 6 heteroatoms. The molecular formula is C18H26N2O3S. The van der Waals surface area contributed by atoms with Crippen molar-refractivity contribution in [3.05, 3.63) is 30.3 Å². The number of carbonyl (C=O) groups excluding carboxylic acids is 1. The third-order valence-corrected chi connectivity index (χ3v) is 7.07. The first-order valence-electron chi connectivity index (χ1n) is 8.82. The number of hydrogen-bond donors (Lipinski definition) is 0. The SMILES string of the molecule is C[C@H]1CCCN(C(=O)C2CCN(S(=O)(=O)c3ccccc3)CC2)C1. The Kier molecular flexibility index (Phi) is 5.25. The van der Waals surface area contributed by atoms with Gasteiger partial charge < -0.3 is 4.90 Å². The van der Waals surface area contributed by atoms with Crippen LogP contribution < -0.4 is 0 Å². The Morgan fingerprint density at radius 2 is 1.71 bits per heavy atom. The Morgan fingerprint density at radius 1 is 1.04 bits per heavy atom. The summed E-state index contributed by atoms with van der Waals surface area (Å²) < 4.78 is 26.8. The molecule has 132 valence electrons. The average Bonchev–Trinajstić information content (AvgIpc) is 2.62. The van der Waals surface area contributed by atoms with Crippen molar-refractivity contribution in [1.82, 2.24) is 9.21 Å². The van der Waals surface area contributed by atoms with Crippen LogP contribution in [0.4, 0.5) is 0 Å². The molecule has 2 aliphatic rings. The van der Waals surface area contributed by atoms with E-state index in [-0.39, 0.29) is 11.8 Å². The van der Waals surface area contributed by atoms with Crippen LogP contribution in [0, 0.1) is 11.8 Å². The van der Waals surface area contributed by atoms with Gasteiger partial charge in [-0.2, -0.15) is 4.31 Å². The molecule has 0 unspecified atom stereocenters. The number of likely N-dealkylation sites (tertiary alicyclic amines) is 1. The minimum absolute atomic E-state index is 0.0301. The number of piperidine rings is 2. The molecule has 5 nitrogen and oxygen atoms in total. The van der Waals surface area contributed by atoms with Crippen LogP contribution in [-0.2, 0) is 14.8 Å². The van der Waals surface area contributed by atoms with Crippen LogP contribution in [0.5, 0.6) is 0 Å². The number of nitrogens with zero attached hydrogens (tertiary/aromatic N) is 2. The Hall–Kier alpha value is -1.40. The van der Waals surface area contributed by atoms with Gasteiger partial charge >= 0.3 is 0 Å². The van der Waals surface area contributed by atoms with E-state index in [4.69, 9.17) is 0 Å². The van der Waals surface area contributed by atoms with Gasteiger partial charge in [-0.05, 0) is 43.7 Å². The van der Waals surface area contributed by atoms with Gasteiger partial charge in [0, 0.05) is 32.1 Å². The zero-order valence-corrected chi connectivity index (χ0v) is 15.0. The third-order valence-electron chi connectivity index (χ3n) is 5.15. The fourth-order valence-corrected chi connectivity index (χ4v) is 5.22. The van der Waals surface area contributed by atoms with E-state index in [2.05, 4.69) is 6.92 Å². The van der Waals surface area contributed by atoms with E-state index in [9.17, 15) is 13.2 Å². The molecule has 0 radical (unpaired) electrons. The van der Waals surface area contributed by atoms with Gasteiger partial charge in [0.15, 0.2) is 0 Å². The lowest BCUT2D eigenvalue weighted by Gasteiger charge is -2.36. The lowest BCUT2D eigenvalue weighted by atomic mass is 9.93. The molecule has 0 aliphatic carbocycles. The molecule has 2 aliphatic heterocycles. The molecule has 2 heterocycles. The molecule has 1 atom stereocenters. The van der Waals surface area contributed by atoms with E-state index >= 15 is 0 Å². The van der Waals surface area contributed by atoms with Crippen LogP contribution in [0.25, 0.3) is 0 Å². The summed E-state index contributed by atoms with van der Waals surface area (Å²) in [5.41, 5.74) is 0. The van der Waals surface area contributed by atoms with Crippen molar-refractivity contribution in [3.8, 4) is 0 Å². The van der Waals surface area contributed by atoms with E-state index in [0.717, 1.165) is 19.5 Å². The normalized spacial score (nSPS) is 24.0. The largest absolute Gasteiger partial charge is 0.342 e. The van der Waals surface area contributed by atoms with Gasteiger partial charge in [-0.25, -0.2) is 8.42 Å². The Balaban J connectivity index is 1.60. The highest BCUT2D eigenvalue weighted by Gasteiger charge is 2.34. The van der Waals surface area contributed by atoms with E-state index in [0.29, 0.717) is 36.7 Å². The standard InChI is InChI=1S/C18H26N2O3S/c1-15-6-5-11-19(14-15)18(21)16-9-12-20(13-10-16)24(22,23)17-7-3-2-4-8-17/h2-4,7-8,15-16H,5-6,9-14H2,1H3/t15-/m0/s1. The Labute approximate surface area is 144 Å². The highest BCUT2D eigenvalue weighted by atomic mass is 32.2. The number of benzene rings is 1. The molecule has 3 rings (SSSR count). The average molecular weight is 350 g/mol. The summed E-state index contributed by atoms with van der Waals surface area (Å²) in [6, 6.07) is 8.54. The van der Waals surface area contributed by atoms with Gasteiger partial charge in [0.25, 0.3) is 0 Å². The van der Waals surface area contributed by atoms with Gasteiger partial charge in [0.2, 0.25) is 15.9 Å². The summed E-state index contributed by atoms with van der Waals surface area (Å²) in [5.74, 6) is 0.761. The highest BCUT2D eigenvalue weighted by molar-refractivity contribution is 7.89. The number of rotatable bonds is 3. The molecule has 2 saturated heterocycles. The first-order chi connectivity index (χ1) is 11.5. The van der Waals surface area contributed by atoms with Crippen LogP contribution in [0.3, 0.4) is 0 Å².